The van der Waals surface area contributed by atoms with E-state index in [2.05, 4.69) is 64.0 Å². The molecule has 2 unspecified atom stereocenters. The Bertz CT molecular complexity index is 345. The van der Waals surface area contributed by atoms with E-state index in [4.69, 9.17) is 9.73 Å². The zero-order chi connectivity index (χ0) is 16.8. The fourth-order valence-corrected chi connectivity index (χ4v) is 2.69. The van der Waals surface area contributed by atoms with E-state index in [1.54, 1.807) is 0 Å². The minimum Gasteiger partial charge on any atom is -0.373 e. The molecule has 0 saturated carbocycles. The van der Waals surface area contributed by atoms with Crippen molar-refractivity contribution in [2.24, 2.45) is 10.9 Å². The molecule has 1 fully saturated rings. The molecular weight excluding hydrogens is 276 g/mol. The minimum atomic E-state index is 0.0342. The molecule has 2 atom stereocenters. The number of guanidine groups is 1. The molecule has 1 rings (SSSR count). The van der Waals surface area contributed by atoms with Gasteiger partial charge < -0.3 is 15.4 Å². The summed E-state index contributed by atoms with van der Waals surface area (Å²) in [4.78, 5) is 7.30. The first-order valence-electron chi connectivity index (χ1n) is 8.67. The van der Waals surface area contributed by atoms with Gasteiger partial charge in [-0.2, -0.15) is 0 Å². The van der Waals surface area contributed by atoms with Crippen molar-refractivity contribution < 1.29 is 4.74 Å². The number of ether oxygens (including phenoxy) is 1. The third-order valence-electron chi connectivity index (χ3n) is 3.92. The number of nitrogens with zero attached hydrogens (tertiary/aromatic N) is 2. The Morgan fingerprint density at radius 2 is 1.82 bits per heavy atom. The van der Waals surface area contributed by atoms with Gasteiger partial charge in [-0.05, 0) is 40.5 Å². The standard InChI is InChI=1S/C17H36N4O/c1-8-18-16(19-9-13(2)3)20-12-17(6,7)21-10-14(4)22-15(5)11-21/h13-15H,8-12H2,1-7H3,(H2,18,19,20). The van der Waals surface area contributed by atoms with Crippen molar-refractivity contribution >= 4 is 5.96 Å². The van der Waals surface area contributed by atoms with Gasteiger partial charge in [0.2, 0.25) is 0 Å². The zero-order valence-electron chi connectivity index (χ0n) is 15.6. The lowest BCUT2D eigenvalue weighted by atomic mass is 10.0. The van der Waals surface area contributed by atoms with Crippen LogP contribution < -0.4 is 10.6 Å². The number of aliphatic imine (C=N–C) groups is 1. The highest BCUT2D eigenvalue weighted by atomic mass is 16.5. The summed E-state index contributed by atoms with van der Waals surface area (Å²) in [5, 5.41) is 6.74. The van der Waals surface area contributed by atoms with Crippen molar-refractivity contribution in [2.45, 2.75) is 66.2 Å². The van der Waals surface area contributed by atoms with Gasteiger partial charge in [-0.25, -0.2) is 0 Å². The molecule has 1 saturated heterocycles. The van der Waals surface area contributed by atoms with Gasteiger partial charge in [0.1, 0.15) is 0 Å². The van der Waals surface area contributed by atoms with Crippen molar-refractivity contribution in [1.82, 2.24) is 15.5 Å². The molecule has 2 N–H and O–H groups in total. The normalized spacial score (nSPS) is 24.6. The molecule has 1 aliphatic heterocycles. The molecule has 0 amide bonds. The van der Waals surface area contributed by atoms with Crippen molar-refractivity contribution in [3.05, 3.63) is 0 Å². The molecule has 1 aliphatic rings. The Morgan fingerprint density at radius 1 is 1.23 bits per heavy atom. The minimum absolute atomic E-state index is 0.0342. The van der Waals surface area contributed by atoms with Gasteiger partial charge in [-0.1, -0.05) is 13.8 Å². The Labute approximate surface area is 136 Å². The number of hydrogen-bond acceptors (Lipinski definition) is 3. The summed E-state index contributed by atoms with van der Waals surface area (Å²) in [7, 11) is 0. The largest absolute Gasteiger partial charge is 0.373 e. The Kier molecular flexibility index (Phi) is 7.63. The van der Waals surface area contributed by atoms with Crippen LogP contribution in [0.1, 0.15) is 48.5 Å². The highest BCUT2D eigenvalue weighted by Gasteiger charge is 2.33. The van der Waals surface area contributed by atoms with Crippen LogP contribution in [0.5, 0.6) is 0 Å². The van der Waals surface area contributed by atoms with Crippen LogP contribution in [0.25, 0.3) is 0 Å². The SMILES string of the molecule is CCNC(=NCC(C)(C)N1CC(C)OC(C)C1)NCC(C)C. The number of hydrogen-bond donors (Lipinski definition) is 2. The van der Waals surface area contributed by atoms with E-state index in [-0.39, 0.29) is 5.54 Å². The van der Waals surface area contributed by atoms with Crippen molar-refractivity contribution in [3.63, 3.8) is 0 Å². The first kappa shape index (κ1) is 19.2. The summed E-state index contributed by atoms with van der Waals surface area (Å²) in [6.07, 6.45) is 0.582. The van der Waals surface area contributed by atoms with Gasteiger partial charge in [0.05, 0.1) is 18.8 Å². The van der Waals surface area contributed by atoms with E-state index < -0.39 is 0 Å². The Hall–Kier alpha value is -0.810. The molecule has 0 aromatic heterocycles. The van der Waals surface area contributed by atoms with Crippen LogP contribution in [0.2, 0.25) is 0 Å². The summed E-state index contributed by atoms with van der Waals surface area (Å²) in [5.41, 5.74) is 0.0342. The van der Waals surface area contributed by atoms with Gasteiger partial charge >= 0.3 is 0 Å². The van der Waals surface area contributed by atoms with E-state index in [0.29, 0.717) is 18.1 Å². The lowest BCUT2D eigenvalue weighted by Gasteiger charge is -2.44. The maximum absolute atomic E-state index is 5.84. The van der Waals surface area contributed by atoms with Crippen LogP contribution in [0.15, 0.2) is 4.99 Å². The van der Waals surface area contributed by atoms with Gasteiger partial charge in [-0.15, -0.1) is 0 Å². The fraction of sp³-hybridized carbons (Fsp3) is 0.941. The maximum atomic E-state index is 5.84. The van der Waals surface area contributed by atoms with Crippen molar-refractivity contribution in [2.75, 3.05) is 32.7 Å². The van der Waals surface area contributed by atoms with E-state index in [1.165, 1.54) is 0 Å². The zero-order valence-corrected chi connectivity index (χ0v) is 15.6. The summed E-state index contributed by atoms with van der Waals surface area (Å²) in [6, 6.07) is 0. The average Bonchev–Trinajstić information content (AvgIpc) is 2.40. The van der Waals surface area contributed by atoms with Crippen LogP contribution in [0, 0.1) is 5.92 Å². The van der Waals surface area contributed by atoms with Crippen LogP contribution >= 0.6 is 0 Å². The van der Waals surface area contributed by atoms with E-state index in [9.17, 15) is 0 Å². The van der Waals surface area contributed by atoms with E-state index in [1.807, 2.05) is 0 Å². The molecule has 0 aliphatic carbocycles. The third-order valence-corrected chi connectivity index (χ3v) is 3.92. The number of rotatable bonds is 6. The summed E-state index contributed by atoms with van der Waals surface area (Å²) in [5.74, 6) is 1.52. The third kappa shape index (κ3) is 6.53. The van der Waals surface area contributed by atoms with Crippen LogP contribution in [0.3, 0.4) is 0 Å². The summed E-state index contributed by atoms with van der Waals surface area (Å²) in [6.45, 7) is 19.9. The predicted octanol–water partition coefficient (Wildman–Crippen LogP) is 2.09. The molecular formula is C17H36N4O. The molecule has 0 spiro atoms. The average molecular weight is 313 g/mol. The Morgan fingerprint density at radius 3 is 2.32 bits per heavy atom. The summed E-state index contributed by atoms with van der Waals surface area (Å²) < 4.78 is 5.84. The quantitative estimate of drug-likeness (QED) is 0.582. The van der Waals surface area contributed by atoms with Crippen LogP contribution in [0.4, 0.5) is 0 Å². The molecule has 5 nitrogen and oxygen atoms in total. The first-order valence-corrected chi connectivity index (χ1v) is 8.67. The second-order valence-electron chi connectivity index (χ2n) is 7.44. The lowest BCUT2D eigenvalue weighted by Crippen LogP contribution is -2.56. The monoisotopic (exact) mass is 312 g/mol. The number of nitrogens with one attached hydrogen (secondary N) is 2. The molecule has 0 radical (unpaired) electrons. The predicted molar refractivity (Wildman–Crippen MR) is 94.5 cm³/mol. The smallest absolute Gasteiger partial charge is 0.191 e. The molecule has 0 aromatic rings. The number of morpholine rings is 1. The fourth-order valence-electron chi connectivity index (χ4n) is 2.69. The maximum Gasteiger partial charge on any atom is 0.191 e. The second-order valence-corrected chi connectivity index (χ2v) is 7.44. The first-order chi connectivity index (χ1) is 10.2. The molecule has 22 heavy (non-hydrogen) atoms. The second kappa shape index (κ2) is 8.73. The van der Waals surface area contributed by atoms with Crippen LogP contribution in [-0.2, 0) is 4.74 Å². The Balaban J connectivity index is 2.64. The van der Waals surface area contributed by atoms with Crippen molar-refractivity contribution in [1.29, 1.82) is 0 Å². The van der Waals surface area contributed by atoms with E-state index in [0.717, 1.165) is 38.7 Å². The highest BCUT2D eigenvalue weighted by Crippen LogP contribution is 2.21. The van der Waals surface area contributed by atoms with Gasteiger partial charge in [0, 0.05) is 31.7 Å². The van der Waals surface area contributed by atoms with E-state index >= 15 is 0 Å². The summed E-state index contributed by atoms with van der Waals surface area (Å²) >= 11 is 0. The molecule has 0 aromatic carbocycles. The molecule has 1 heterocycles. The molecule has 5 heteroatoms. The van der Waals surface area contributed by atoms with Crippen LogP contribution in [-0.4, -0.2) is 61.3 Å². The topological polar surface area (TPSA) is 48.9 Å². The van der Waals surface area contributed by atoms with Crippen molar-refractivity contribution in [3.8, 4) is 0 Å². The van der Waals surface area contributed by atoms with Gasteiger partial charge in [-0.3, -0.25) is 9.89 Å². The van der Waals surface area contributed by atoms with Gasteiger partial charge in [0.15, 0.2) is 5.96 Å². The molecule has 130 valence electrons. The van der Waals surface area contributed by atoms with Gasteiger partial charge in [0.25, 0.3) is 0 Å². The lowest BCUT2D eigenvalue weighted by molar-refractivity contribution is -0.0939. The highest BCUT2D eigenvalue weighted by molar-refractivity contribution is 5.79. The molecule has 0 bridgehead atoms.